The zero-order chi connectivity index (χ0) is 14.4. The lowest BCUT2D eigenvalue weighted by atomic mass is 9.99. The van der Waals surface area contributed by atoms with Crippen molar-refractivity contribution in [3.8, 4) is 6.07 Å². The number of aliphatic hydroxyl groups excluding tert-OH is 1. The fourth-order valence-electron chi connectivity index (χ4n) is 4.13. The number of nitriles is 1. The van der Waals surface area contributed by atoms with E-state index in [1.165, 1.54) is 12.8 Å². The maximum atomic E-state index is 9.91. The van der Waals surface area contributed by atoms with Crippen LogP contribution in [0.1, 0.15) is 36.8 Å². The van der Waals surface area contributed by atoms with Crippen molar-refractivity contribution >= 4 is 5.52 Å². The molecule has 2 aliphatic rings. The second-order valence-electron chi connectivity index (χ2n) is 6.32. The van der Waals surface area contributed by atoms with E-state index in [2.05, 4.69) is 17.2 Å². The van der Waals surface area contributed by atoms with Gasteiger partial charge in [-0.3, -0.25) is 4.90 Å². The maximum Gasteiger partial charge on any atom is 0.102 e. The van der Waals surface area contributed by atoms with Gasteiger partial charge >= 0.3 is 0 Å². The number of pyridine rings is 1. The van der Waals surface area contributed by atoms with Crippen LogP contribution in [0.4, 0.5) is 0 Å². The van der Waals surface area contributed by atoms with E-state index >= 15 is 0 Å². The minimum Gasteiger partial charge on any atom is -0.393 e. The monoisotopic (exact) mass is 281 g/mol. The Kier molecular flexibility index (Phi) is 2.99. The molecule has 4 heterocycles. The van der Waals surface area contributed by atoms with Gasteiger partial charge in [-0.05, 0) is 37.8 Å². The highest BCUT2D eigenvalue weighted by atomic mass is 16.3. The highest BCUT2D eigenvalue weighted by Gasteiger charge is 2.40. The largest absolute Gasteiger partial charge is 0.393 e. The summed E-state index contributed by atoms with van der Waals surface area (Å²) < 4.78 is 2.04. The van der Waals surface area contributed by atoms with Gasteiger partial charge in [-0.25, -0.2) is 0 Å². The smallest absolute Gasteiger partial charge is 0.102 e. The molecule has 4 heteroatoms. The van der Waals surface area contributed by atoms with Gasteiger partial charge in [0.2, 0.25) is 0 Å². The molecule has 0 spiro atoms. The fraction of sp³-hybridized carbons (Fsp3) is 0.471. The molecule has 2 aromatic rings. The number of fused-ring (bicyclic) bond motifs is 3. The van der Waals surface area contributed by atoms with Gasteiger partial charge in [-0.1, -0.05) is 6.07 Å². The third kappa shape index (κ3) is 2.05. The van der Waals surface area contributed by atoms with Crippen molar-refractivity contribution in [3.63, 3.8) is 0 Å². The van der Waals surface area contributed by atoms with E-state index < -0.39 is 0 Å². The number of rotatable bonds is 2. The van der Waals surface area contributed by atoms with Crippen LogP contribution in [0.15, 0.2) is 30.6 Å². The Labute approximate surface area is 124 Å². The first-order valence-corrected chi connectivity index (χ1v) is 7.68. The van der Waals surface area contributed by atoms with E-state index in [1.807, 2.05) is 28.8 Å². The first-order chi connectivity index (χ1) is 10.3. The molecule has 2 aliphatic heterocycles. The molecule has 0 aliphatic carbocycles. The molecule has 108 valence electrons. The van der Waals surface area contributed by atoms with Gasteiger partial charge in [0, 0.05) is 36.6 Å². The van der Waals surface area contributed by atoms with Crippen LogP contribution in [-0.4, -0.2) is 32.6 Å². The summed E-state index contributed by atoms with van der Waals surface area (Å²) >= 11 is 0. The third-order valence-corrected chi connectivity index (χ3v) is 5.09. The second kappa shape index (κ2) is 4.87. The summed E-state index contributed by atoms with van der Waals surface area (Å²) in [6.45, 7) is 0.826. The topological polar surface area (TPSA) is 51.7 Å². The Morgan fingerprint density at radius 1 is 1.24 bits per heavy atom. The van der Waals surface area contributed by atoms with E-state index in [1.54, 1.807) is 0 Å². The summed E-state index contributed by atoms with van der Waals surface area (Å²) in [6.07, 6.45) is 8.06. The van der Waals surface area contributed by atoms with E-state index in [-0.39, 0.29) is 6.10 Å². The van der Waals surface area contributed by atoms with Crippen molar-refractivity contribution in [1.82, 2.24) is 9.30 Å². The van der Waals surface area contributed by atoms with E-state index in [4.69, 9.17) is 0 Å². The molecule has 0 radical (unpaired) electrons. The molecule has 2 aromatic heterocycles. The Hall–Kier alpha value is -1.83. The SMILES string of the molecule is N#Cc1c(CN2C3CCC2CC(O)C3)cn2ccccc12. The van der Waals surface area contributed by atoms with Gasteiger partial charge in [0.05, 0.1) is 17.2 Å². The molecule has 0 aromatic carbocycles. The van der Waals surface area contributed by atoms with Crippen LogP contribution in [0.25, 0.3) is 5.52 Å². The Balaban J connectivity index is 1.68. The number of nitrogens with zero attached hydrogens (tertiary/aromatic N) is 3. The molecule has 4 rings (SSSR count). The highest BCUT2D eigenvalue weighted by Crippen LogP contribution is 2.37. The van der Waals surface area contributed by atoms with E-state index in [9.17, 15) is 10.4 Å². The normalized spacial score (nSPS) is 28.9. The second-order valence-corrected chi connectivity index (χ2v) is 6.32. The van der Waals surface area contributed by atoms with Crippen molar-refractivity contribution in [2.45, 2.75) is 50.4 Å². The van der Waals surface area contributed by atoms with Gasteiger partial charge < -0.3 is 9.51 Å². The summed E-state index contributed by atoms with van der Waals surface area (Å²) in [6, 6.07) is 9.28. The van der Waals surface area contributed by atoms with Crippen molar-refractivity contribution < 1.29 is 5.11 Å². The standard InChI is InChI=1S/C17H19N3O/c18-9-16-12(10-19-6-2-1-3-17(16)19)11-20-13-4-5-14(20)8-15(21)7-13/h1-3,6,10,13-15,21H,4-5,7-8,11H2. The first kappa shape index (κ1) is 12.9. The average molecular weight is 281 g/mol. The highest BCUT2D eigenvalue weighted by molar-refractivity contribution is 5.65. The molecule has 2 atom stereocenters. The Morgan fingerprint density at radius 2 is 2.00 bits per heavy atom. The molecule has 2 bridgehead atoms. The fourth-order valence-corrected chi connectivity index (χ4v) is 4.13. The molecule has 2 fully saturated rings. The minimum atomic E-state index is -0.137. The van der Waals surface area contributed by atoms with Gasteiger partial charge in [0.15, 0.2) is 0 Å². The van der Waals surface area contributed by atoms with Crippen LogP contribution in [-0.2, 0) is 6.54 Å². The molecule has 4 nitrogen and oxygen atoms in total. The number of aromatic nitrogens is 1. The quantitative estimate of drug-likeness (QED) is 0.919. The summed E-state index contributed by atoms with van der Waals surface area (Å²) in [5.74, 6) is 0. The summed E-state index contributed by atoms with van der Waals surface area (Å²) in [7, 11) is 0. The molecular formula is C17H19N3O. The maximum absolute atomic E-state index is 9.91. The summed E-state index contributed by atoms with van der Waals surface area (Å²) in [5, 5.41) is 19.4. The predicted molar refractivity (Wildman–Crippen MR) is 79.7 cm³/mol. The molecule has 1 N–H and O–H groups in total. The molecular weight excluding hydrogens is 262 g/mol. The Bertz CT molecular complexity index is 700. The molecule has 2 unspecified atom stereocenters. The zero-order valence-corrected chi connectivity index (χ0v) is 11.9. The van der Waals surface area contributed by atoms with Crippen LogP contribution >= 0.6 is 0 Å². The van der Waals surface area contributed by atoms with Crippen molar-refractivity contribution in [2.24, 2.45) is 0 Å². The number of aliphatic hydroxyl groups is 1. The van der Waals surface area contributed by atoms with Crippen LogP contribution in [0.2, 0.25) is 0 Å². The average Bonchev–Trinajstić information content (AvgIpc) is 2.94. The molecule has 0 saturated carbocycles. The summed E-state index contributed by atoms with van der Waals surface area (Å²) in [5.41, 5.74) is 2.89. The van der Waals surface area contributed by atoms with Gasteiger partial charge in [-0.15, -0.1) is 0 Å². The van der Waals surface area contributed by atoms with Crippen LogP contribution in [0, 0.1) is 11.3 Å². The molecule has 21 heavy (non-hydrogen) atoms. The van der Waals surface area contributed by atoms with Crippen molar-refractivity contribution in [1.29, 1.82) is 5.26 Å². The third-order valence-electron chi connectivity index (χ3n) is 5.09. The lowest BCUT2D eigenvalue weighted by molar-refractivity contribution is 0.0310. The van der Waals surface area contributed by atoms with Crippen molar-refractivity contribution in [2.75, 3.05) is 0 Å². The van der Waals surface area contributed by atoms with Crippen molar-refractivity contribution in [3.05, 3.63) is 41.7 Å². The predicted octanol–water partition coefficient (Wildman–Crippen LogP) is 2.30. The van der Waals surface area contributed by atoms with Gasteiger partial charge in [-0.2, -0.15) is 5.26 Å². The number of hydrogen-bond donors (Lipinski definition) is 1. The van der Waals surface area contributed by atoms with Gasteiger partial charge in [0.1, 0.15) is 6.07 Å². The number of piperidine rings is 1. The lowest BCUT2D eigenvalue weighted by Crippen LogP contribution is -2.44. The van der Waals surface area contributed by atoms with E-state index in [0.717, 1.165) is 36.0 Å². The lowest BCUT2D eigenvalue weighted by Gasteiger charge is -2.37. The van der Waals surface area contributed by atoms with E-state index in [0.29, 0.717) is 12.1 Å². The van der Waals surface area contributed by atoms with Crippen LogP contribution in [0.3, 0.4) is 0 Å². The number of hydrogen-bond acceptors (Lipinski definition) is 3. The minimum absolute atomic E-state index is 0.137. The Morgan fingerprint density at radius 3 is 2.71 bits per heavy atom. The van der Waals surface area contributed by atoms with Crippen LogP contribution < -0.4 is 0 Å². The van der Waals surface area contributed by atoms with Gasteiger partial charge in [0.25, 0.3) is 0 Å². The summed E-state index contributed by atoms with van der Waals surface area (Å²) in [4.78, 5) is 2.50. The molecule has 0 amide bonds. The van der Waals surface area contributed by atoms with Crippen LogP contribution in [0.5, 0.6) is 0 Å². The molecule has 2 saturated heterocycles. The zero-order valence-electron chi connectivity index (χ0n) is 11.9. The first-order valence-electron chi connectivity index (χ1n) is 7.68.